The third kappa shape index (κ3) is 4.56. The van der Waals surface area contributed by atoms with Crippen LogP contribution in [0.4, 0.5) is 5.69 Å². The van der Waals surface area contributed by atoms with Gasteiger partial charge in [-0.1, -0.05) is 32.0 Å². The summed E-state index contributed by atoms with van der Waals surface area (Å²) in [5, 5.41) is 11.1. The maximum atomic E-state index is 12.0. The molecule has 0 heterocycles. The molecular formula is C15H21NO3S. The molecule has 0 aromatic heterocycles. The predicted molar refractivity (Wildman–Crippen MR) is 83.4 cm³/mol. The van der Waals surface area contributed by atoms with E-state index in [0.717, 1.165) is 41.4 Å². The van der Waals surface area contributed by atoms with Crippen LogP contribution in [0.1, 0.15) is 31.9 Å². The molecule has 4 nitrogen and oxygen atoms in total. The molecule has 0 saturated heterocycles. The number of carbonyl (C=O) groups excluding carboxylic acids is 1. The highest BCUT2D eigenvalue weighted by Gasteiger charge is 2.15. The fraction of sp³-hybridized carbons (Fsp3) is 0.467. The fourth-order valence-corrected chi connectivity index (χ4v) is 2.47. The lowest BCUT2D eigenvalue weighted by Gasteiger charge is -2.14. The van der Waals surface area contributed by atoms with Crippen LogP contribution in [-0.4, -0.2) is 28.0 Å². The Bertz CT molecular complexity index is 466. The van der Waals surface area contributed by atoms with Gasteiger partial charge in [0.05, 0.1) is 11.0 Å². The maximum absolute atomic E-state index is 12.0. The van der Waals surface area contributed by atoms with Crippen molar-refractivity contribution in [2.24, 2.45) is 0 Å². The zero-order chi connectivity index (χ0) is 15.1. The number of para-hydroxylation sites is 1. The number of nitrogens with one attached hydrogen (secondary N) is 1. The van der Waals surface area contributed by atoms with Crippen LogP contribution in [0.2, 0.25) is 0 Å². The Labute approximate surface area is 124 Å². The Hall–Kier alpha value is -1.49. The molecule has 0 spiro atoms. The van der Waals surface area contributed by atoms with Crippen LogP contribution in [0.3, 0.4) is 0 Å². The van der Waals surface area contributed by atoms with E-state index in [9.17, 15) is 9.59 Å². The van der Waals surface area contributed by atoms with Crippen LogP contribution in [-0.2, 0) is 22.4 Å². The number of thioether (sulfide) groups is 1. The molecule has 0 saturated carbocycles. The second-order valence-electron chi connectivity index (χ2n) is 4.50. The number of carboxylic acid groups (broad SMARTS) is 1. The Morgan fingerprint density at radius 1 is 1.25 bits per heavy atom. The number of aliphatic carboxylic acids is 1. The van der Waals surface area contributed by atoms with Crippen molar-refractivity contribution in [2.45, 2.75) is 38.9 Å². The molecule has 1 unspecified atom stereocenters. The second-order valence-corrected chi connectivity index (χ2v) is 5.83. The molecular weight excluding hydrogens is 274 g/mol. The van der Waals surface area contributed by atoms with E-state index in [1.807, 2.05) is 32.0 Å². The average molecular weight is 295 g/mol. The van der Waals surface area contributed by atoms with Gasteiger partial charge in [0.2, 0.25) is 5.91 Å². The molecule has 1 aromatic carbocycles. The van der Waals surface area contributed by atoms with Gasteiger partial charge in [-0.3, -0.25) is 9.59 Å². The van der Waals surface area contributed by atoms with Gasteiger partial charge < -0.3 is 10.4 Å². The van der Waals surface area contributed by atoms with Crippen molar-refractivity contribution in [1.82, 2.24) is 0 Å². The van der Waals surface area contributed by atoms with Crippen molar-refractivity contribution in [3.05, 3.63) is 29.3 Å². The quantitative estimate of drug-likeness (QED) is 0.811. The molecule has 20 heavy (non-hydrogen) atoms. The van der Waals surface area contributed by atoms with Crippen LogP contribution >= 0.6 is 11.8 Å². The Balaban J connectivity index is 2.72. The van der Waals surface area contributed by atoms with E-state index in [-0.39, 0.29) is 11.7 Å². The smallest absolute Gasteiger partial charge is 0.316 e. The summed E-state index contributed by atoms with van der Waals surface area (Å²) < 4.78 is 0. The summed E-state index contributed by atoms with van der Waals surface area (Å²) >= 11 is 1.13. The highest BCUT2D eigenvalue weighted by molar-refractivity contribution is 8.01. The first-order valence-electron chi connectivity index (χ1n) is 6.74. The lowest BCUT2D eigenvalue weighted by atomic mass is 10.0. The number of carbonyl (C=O) groups is 2. The summed E-state index contributed by atoms with van der Waals surface area (Å²) in [7, 11) is 0. The summed E-state index contributed by atoms with van der Waals surface area (Å²) in [6, 6.07) is 6.00. The van der Waals surface area contributed by atoms with Crippen molar-refractivity contribution >= 4 is 29.3 Å². The first-order valence-corrected chi connectivity index (χ1v) is 7.79. The topological polar surface area (TPSA) is 66.4 Å². The Morgan fingerprint density at radius 3 is 2.25 bits per heavy atom. The van der Waals surface area contributed by atoms with Gasteiger partial charge in [-0.15, -0.1) is 11.8 Å². The molecule has 0 aliphatic rings. The molecule has 0 aliphatic carbocycles. The number of anilines is 1. The average Bonchev–Trinajstić information content (AvgIpc) is 2.44. The molecule has 110 valence electrons. The van der Waals surface area contributed by atoms with Crippen molar-refractivity contribution in [3.63, 3.8) is 0 Å². The number of hydrogen-bond donors (Lipinski definition) is 2. The van der Waals surface area contributed by atoms with Crippen LogP contribution < -0.4 is 5.32 Å². The zero-order valence-electron chi connectivity index (χ0n) is 12.1. The summed E-state index contributed by atoms with van der Waals surface area (Å²) in [5.41, 5.74) is 3.09. The number of carboxylic acids is 1. The van der Waals surface area contributed by atoms with Gasteiger partial charge >= 0.3 is 5.97 Å². The minimum atomic E-state index is -0.897. The SMILES string of the molecule is CCc1cccc(CC)c1NC(=O)CSC(C)C(=O)O. The van der Waals surface area contributed by atoms with Gasteiger partial charge in [-0.2, -0.15) is 0 Å². The highest BCUT2D eigenvalue weighted by atomic mass is 32.2. The second kappa shape index (κ2) is 7.94. The fourth-order valence-electron chi connectivity index (χ4n) is 1.85. The molecule has 5 heteroatoms. The largest absolute Gasteiger partial charge is 0.480 e. The minimum absolute atomic E-state index is 0.147. The van der Waals surface area contributed by atoms with Gasteiger partial charge in [0.1, 0.15) is 0 Å². The number of benzene rings is 1. The third-order valence-electron chi connectivity index (χ3n) is 3.08. The van der Waals surface area contributed by atoms with Crippen molar-refractivity contribution < 1.29 is 14.7 Å². The summed E-state index contributed by atoms with van der Waals surface area (Å²) in [6.07, 6.45) is 1.70. The van der Waals surface area contributed by atoms with Crippen LogP contribution in [0.5, 0.6) is 0 Å². The van der Waals surface area contributed by atoms with E-state index < -0.39 is 11.2 Å². The normalized spacial score (nSPS) is 11.9. The van der Waals surface area contributed by atoms with E-state index in [1.165, 1.54) is 0 Å². The van der Waals surface area contributed by atoms with E-state index in [1.54, 1.807) is 6.92 Å². The number of aryl methyl sites for hydroxylation is 2. The van der Waals surface area contributed by atoms with E-state index in [4.69, 9.17) is 5.11 Å². The number of amides is 1. The molecule has 1 amide bonds. The molecule has 0 fully saturated rings. The minimum Gasteiger partial charge on any atom is -0.480 e. The van der Waals surface area contributed by atoms with Gasteiger partial charge in [0.25, 0.3) is 0 Å². The third-order valence-corrected chi connectivity index (χ3v) is 4.21. The summed E-state index contributed by atoms with van der Waals surface area (Å²) in [5.74, 6) is -0.904. The van der Waals surface area contributed by atoms with Gasteiger partial charge in [0, 0.05) is 5.69 Å². The van der Waals surface area contributed by atoms with Crippen LogP contribution in [0, 0.1) is 0 Å². The monoisotopic (exact) mass is 295 g/mol. The van der Waals surface area contributed by atoms with Gasteiger partial charge in [-0.25, -0.2) is 0 Å². The van der Waals surface area contributed by atoms with Gasteiger partial charge in [0.15, 0.2) is 0 Å². The van der Waals surface area contributed by atoms with Crippen LogP contribution in [0.25, 0.3) is 0 Å². The molecule has 1 atom stereocenters. The van der Waals surface area contributed by atoms with E-state index in [0.29, 0.717) is 0 Å². The van der Waals surface area contributed by atoms with Crippen LogP contribution in [0.15, 0.2) is 18.2 Å². The first kappa shape index (κ1) is 16.6. The molecule has 0 aliphatic heterocycles. The Morgan fingerprint density at radius 2 is 1.80 bits per heavy atom. The first-order chi connectivity index (χ1) is 9.49. The maximum Gasteiger partial charge on any atom is 0.316 e. The molecule has 1 rings (SSSR count). The highest BCUT2D eigenvalue weighted by Crippen LogP contribution is 2.23. The molecule has 2 N–H and O–H groups in total. The van der Waals surface area contributed by atoms with Gasteiger partial charge in [-0.05, 0) is 30.9 Å². The lowest BCUT2D eigenvalue weighted by Crippen LogP contribution is -2.20. The number of rotatable bonds is 7. The molecule has 0 radical (unpaired) electrons. The molecule has 0 bridgehead atoms. The van der Waals surface area contributed by atoms with Crippen molar-refractivity contribution in [2.75, 3.05) is 11.1 Å². The standard InChI is InChI=1S/C15H21NO3S/c1-4-11-7-6-8-12(5-2)14(11)16-13(17)9-20-10(3)15(18)19/h6-8,10H,4-5,9H2,1-3H3,(H,16,17)(H,18,19). The lowest BCUT2D eigenvalue weighted by molar-refractivity contribution is -0.136. The van der Waals surface area contributed by atoms with Crippen molar-refractivity contribution in [3.8, 4) is 0 Å². The number of hydrogen-bond acceptors (Lipinski definition) is 3. The zero-order valence-corrected chi connectivity index (χ0v) is 12.9. The predicted octanol–water partition coefficient (Wildman–Crippen LogP) is 2.96. The molecule has 1 aromatic rings. The van der Waals surface area contributed by atoms with Crippen molar-refractivity contribution in [1.29, 1.82) is 0 Å². The van der Waals surface area contributed by atoms with E-state index in [2.05, 4.69) is 5.32 Å². The Kier molecular flexibility index (Phi) is 6.58. The summed E-state index contributed by atoms with van der Waals surface area (Å²) in [6.45, 7) is 5.68. The van der Waals surface area contributed by atoms with E-state index >= 15 is 0 Å². The summed E-state index contributed by atoms with van der Waals surface area (Å²) in [4.78, 5) is 22.7.